The van der Waals surface area contributed by atoms with Gasteiger partial charge in [0.15, 0.2) is 0 Å². The number of amides is 1. The van der Waals surface area contributed by atoms with Crippen molar-refractivity contribution in [3.63, 3.8) is 0 Å². The number of hydrogen-bond donors (Lipinski definition) is 1. The maximum absolute atomic E-state index is 13.1. The number of carbonyl (C=O) groups is 1. The van der Waals surface area contributed by atoms with Crippen LogP contribution in [0.25, 0.3) is 0 Å². The number of aryl methyl sites for hydroxylation is 1. The van der Waals surface area contributed by atoms with Crippen LogP contribution in [-0.2, 0) is 29.5 Å². The summed E-state index contributed by atoms with van der Waals surface area (Å²) >= 11 is 1.71. The van der Waals surface area contributed by atoms with Gasteiger partial charge >= 0.3 is 0 Å². The minimum absolute atomic E-state index is 0.0551. The Kier molecular flexibility index (Phi) is 5.09. The van der Waals surface area contributed by atoms with Crippen LogP contribution in [0, 0.1) is 6.92 Å². The predicted molar refractivity (Wildman–Crippen MR) is 107 cm³/mol. The van der Waals surface area contributed by atoms with E-state index in [1.807, 2.05) is 18.4 Å². The highest BCUT2D eigenvalue weighted by Gasteiger charge is 2.25. The molecule has 0 aliphatic carbocycles. The lowest BCUT2D eigenvalue weighted by molar-refractivity contribution is 0.0735. The molecular formula is C20H20N2O4S2. The molecule has 0 atom stereocenters. The Balaban J connectivity index is 1.56. The molecule has 3 heterocycles. The van der Waals surface area contributed by atoms with Crippen molar-refractivity contribution in [1.82, 2.24) is 9.62 Å². The molecule has 8 heteroatoms. The van der Waals surface area contributed by atoms with E-state index in [0.717, 1.165) is 12.0 Å². The summed E-state index contributed by atoms with van der Waals surface area (Å²) < 4.78 is 33.0. The lowest BCUT2D eigenvalue weighted by Gasteiger charge is -2.27. The number of nitrogens with one attached hydrogen (secondary N) is 1. The van der Waals surface area contributed by atoms with E-state index in [9.17, 15) is 13.2 Å². The fraction of sp³-hybridized carbons (Fsp3) is 0.250. The maximum Gasteiger partial charge on any atom is 0.254 e. The number of carbonyl (C=O) groups excluding carboxylic acids is 1. The topological polar surface area (TPSA) is 79.6 Å². The van der Waals surface area contributed by atoms with Crippen LogP contribution in [0.5, 0.6) is 0 Å². The molecule has 146 valence electrons. The average Bonchev–Trinajstić information content (AvgIpc) is 3.37. The predicted octanol–water partition coefficient (Wildman–Crippen LogP) is 3.33. The van der Waals surface area contributed by atoms with Crippen molar-refractivity contribution < 1.29 is 17.6 Å². The first-order valence-corrected chi connectivity index (χ1v) is 11.3. The molecule has 1 N–H and O–H groups in total. The highest BCUT2D eigenvalue weighted by Crippen LogP contribution is 2.26. The van der Waals surface area contributed by atoms with Crippen LogP contribution in [0.15, 0.2) is 57.4 Å². The third-order valence-corrected chi connectivity index (χ3v) is 7.28. The van der Waals surface area contributed by atoms with Gasteiger partial charge in [0.2, 0.25) is 10.0 Å². The van der Waals surface area contributed by atoms with Gasteiger partial charge in [-0.3, -0.25) is 4.79 Å². The van der Waals surface area contributed by atoms with Gasteiger partial charge in [0.25, 0.3) is 5.91 Å². The molecule has 0 saturated carbocycles. The third-order valence-electron chi connectivity index (χ3n) is 4.86. The normalized spacial score (nSPS) is 14.1. The first kappa shape index (κ1) is 18.9. The van der Waals surface area contributed by atoms with Crippen molar-refractivity contribution in [3.8, 4) is 0 Å². The first-order chi connectivity index (χ1) is 13.4. The molecule has 28 heavy (non-hydrogen) atoms. The fourth-order valence-corrected chi connectivity index (χ4v) is 5.16. The summed E-state index contributed by atoms with van der Waals surface area (Å²) in [5.41, 5.74) is 2.34. The molecule has 0 unspecified atom stereocenters. The Morgan fingerprint density at radius 3 is 2.93 bits per heavy atom. The summed E-state index contributed by atoms with van der Waals surface area (Å²) in [6.45, 7) is 3.07. The minimum Gasteiger partial charge on any atom is -0.468 e. The standard InChI is InChI=1S/C20H20N2O4S2/c1-14-4-5-17(28(24,25)21-12-16-3-2-9-26-16)11-18(14)20(23)22-8-6-19-15(13-22)7-10-27-19/h2-5,7,9-11,21H,6,8,12-13H2,1H3. The summed E-state index contributed by atoms with van der Waals surface area (Å²) in [4.78, 5) is 16.2. The van der Waals surface area contributed by atoms with Crippen molar-refractivity contribution in [1.29, 1.82) is 0 Å². The van der Waals surface area contributed by atoms with E-state index in [-0.39, 0.29) is 17.3 Å². The monoisotopic (exact) mass is 416 g/mol. The van der Waals surface area contributed by atoms with Gasteiger partial charge in [-0.1, -0.05) is 6.07 Å². The van der Waals surface area contributed by atoms with Gasteiger partial charge in [-0.2, -0.15) is 0 Å². The average molecular weight is 417 g/mol. The van der Waals surface area contributed by atoms with Gasteiger partial charge in [0.05, 0.1) is 17.7 Å². The quantitative estimate of drug-likeness (QED) is 0.692. The van der Waals surface area contributed by atoms with Gasteiger partial charge in [-0.15, -0.1) is 11.3 Å². The third kappa shape index (κ3) is 3.76. The van der Waals surface area contributed by atoms with Crippen LogP contribution in [0.1, 0.15) is 32.1 Å². The zero-order valence-electron chi connectivity index (χ0n) is 15.3. The Morgan fingerprint density at radius 1 is 1.29 bits per heavy atom. The van der Waals surface area contributed by atoms with E-state index in [0.29, 0.717) is 24.4 Å². The van der Waals surface area contributed by atoms with E-state index in [1.165, 1.54) is 28.8 Å². The second-order valence-corrected chi connectivity index (χ2v) is 9.49. The van der Waals surface area contributed by atoms with Gasteiger partial charge < -0.3 is 9.32 Å². The minimum atomic E-state index is -3.76. The van der Waals surface area contributed by atoms with Crippen LogP contribution in [-0.4, -0.2) is 25.8 Å². The van der Waals surface area contributed by atoms with Crippen molar-refractivity contribution in [3.05, 3.63) is 75.4 Å². The summed E-state index contributed by atoms with van der Waals surface area (Å²) in [6.07, 6.45) is 2.32. The van der Waals surface area contributed by atoms with E-state index < -0.39 is 10.0 Å². The second kappa shape index (κ2) is 7.54. The zero-order valence-corrected chi connectivity index (χ0v) is 17.0. The maximum atomic E-state index is 13.1. The SMILES string of the molecule is Cc1ccc(S(=O)(=O)NCc2ccco2)cc1C(=O)N1CCc2sccc2C1. The highest BCUT2D eigenvalue weighted by atomic mass is 32.2. The van der Waals surface area contributed by atoms with Crippen molar-refractivity contribution in [2.75, 3.05) is 6.54 Å². The molecule has 6 nitrogen and oxygen atoms in total. The van der Waals surface area contributed by atoms with E-state index >= 15 is 0 Å². The number of furan rings is 1. The number of hydrogen-bond acceptors (Lipinski definition) is 5. The van der Waals surface area contributed by atoms with Crippen LogP contribution in [0.3, 0.4) is 0 Å². The number of benzene rings is 1. The van der Waals surface area contributed by atoms with Crippen LogP contribution < -0.4 is 4.72 Å². The molecule has 1 aromatic carbocycles. The van der Waals surface area contributed by atoms with E-state index in [1.54, 1.807) is 34.4 Å². The molecule has 0 spiro atoms. The van der Waals surface area contributed by atoms with Crippen LogP contribution in [0.2, 0.25) is 0 Å². The second-order valence-electron chi connectivity index (χ2n) is 6.73. The van der Waals surface area contributed by atoms with Crippen molar-refractivity contribution >= 4 is 27.3 Å². The molecule has 1 aliphatic rings. The molecule has 1 aliphatic heterocycles. The smallest absolute Gasteiger partial charge is 0.254 e. The Morgan fingerprint density at radius 2 is 2.14 bits per heavy atom. The molecule has 4 rings (SSSR count). The molecule has 3 aromatic rings. The van der Waals surface area contributed by atoms with Crippen LogP contribution >= 0.6 is 11.3 Å². The number of thiophene rings is 1. The van der Waals surface area contributed by atoms with Crippen molar-refractivity contribution in [2.45, 2.75) is 31.3 Å². The van der Waals surface area contributed by atoms with Gasteiger partial charge in [-0.25, -0.2) is 13.1 Å². The van der Waals surface area contributed by atoms with Gasteiger partial charge in [0.1, 0.15) is 5.76 Å². The first-order valence-electron chi connectivity index (χ1n) is 8.91. The highest BCUT2D eigenvalue weighted by molar-refractivity contribution is 7.89. The molecule has 0 fully saturated rings. The summed E-state index contributed by atoms with van der Waals surface area (Å²) in [6, 6.07) is 10.1. The number of fused-ring (bicyclic) bond motifs is 1. The molecule has 0 bridgehead atoms. The lowest BCUT2D eigenvalue weighted by atomic mass is 10.0. The Bertz CT molecular complexity index is 1100. The summed E-state index contributed by atoms with van der Waals surface area (Å²) in [7, 11) is -3.76. The molecule has 0 radical (unpaired) electrons. The summed E-state index contributed by atoms with van der Waals surface area (Å²) in [5, 5.41) is 2.04. The van der Waals surface area contributed by atoms with Gasteiger partial charge in [0, 0.05) is 23.5 Å². The Labute approximate surface area is 167 Å². The van der Waals surface area contributed by atoms with Crippen molar-refractivity contribution in [2.24, 2.45) is 0 Å². The fourth-order valence-electron chi connectivity index (χ4n) is 3.25. The number of nitrogens with zero attached hydrogens (tertiary/aromatic N) is 1. The zero-order chi connectivity index (χ0) is 19.7. The van der Waals surface area contributed by atoms with Gasteiger partial charge in [-0.05, 0) is 60.2 Å². The Hall–Kier alpha value is -2.42. The van der Waals surface area contributed by atoms with E-state index in [4.69, 9.17) is 4.42 Å². The molecule has 1 amide bonds. The lowest BCUT2D eigenvalue weighted by Crippen LogP contribution is -2.36. The number of rotatable bonds is 5. The molecule has 0 saturated heterocycles. The molecule has 2 aromatic heterocycles. The largest absolute Gasteiger partial charge is 0.468 e. The van der Waals surface area contributed by atoms with Crippen LogP contribution in [0.4, 0.5) is 0 Å². The van der Waals surface area contributed by atoms with E-state index in [2.05, 4.69) is 4.72 Å². The summed E-state index contributed by atoms with van der Waals surface area (Å²) in [5.74, 6) is 0.379. The number of sulfonamides is 1. The molecular weight excluding hydrogens is 396 g/mol.